The SMILES string of the molecule is CCC1CCCCN1C(=O)CSc1ccc(N)cc1C. The van der Waals surface area contributed by atoms with Gasteiger partial charge in [0.05, 0.1) is 5.75 Å². The molecule has 0 aliphatic carbocycles. The van der Waals surface area contributed by atoms with E-state index in [1.807, 2.05) is 25.1 Å². The van der Waals surface area contributed by atoms with Crippen LogP contribution in [0, 0.1) is 6.92 Å². The van der Waals surface area contributed by atoms with E-state index >= 15 is 0 Å². The summed E-state index contributed by atoms with van der Waals surface area (Å²) in [5, 5.41) is 0. The van der Waals surface area contributed by atoms with Gasteiger partial charge in [0.15, 0.2) is 0 Å². The number of aryl methyl sites for hydroxylation is 1. The highest BCUT2D eigenvalue weighted by molar-refractivity contribution is 8.00. The highest BCUT2D eigenvalue weighted by Crippen LogP contribution is 2.26. The van der Waals surface area contributed by atoms with Crippen molar-refractivity contribution in [1.29, 1.82) is 0 Å². The van der Waals surface area contributed by atoms with Crippen LogP contribution in [0.1, 0.15) is 38.2 Å². The lowest BCUT2D eigenvalue weighted by atomic mass is 10.0. The largest absolute Gasteiger partial charge is 0.399 e. The Morgan fingerprint density at radius 2 is 2.25 bits per heavy atom. The molecule has 110 valence electrons. The molecule has 1 aromatic carbocycles. The molecule has 0 aromatic heterocycles. The van der Waals surface area contributed by atoms with Crippen molar-refractivity contribution >= 4 is 23.4 Å². The molecule has 1 amide bonds. The first kappa shape index (κ1) is 15.2. The second-order valence-corrected chi connectivity index (χ2v) is 6.48. The molecule has 1 atom stereocenters. The van der Waals surface area contributed by atoms with Gasteiger partial charge >= 0.3 is 0 Å². The van der Waals surface area contributed by atoms with Crippen molar-refractivity contribution < 1.29 is 4.79 Å². The summed E-state index contributed by atoms with van der Waals surface area (Å²) in [5.74, 6) is 0.805. The lowest BCUT2D eigenvalue weighted by Crippen LogP contribution is -2.44. The average molecular weight is 292 g/mol. The fourth-order valence-corrected chi connectivity index (χ4v) is 3.71. The minimum Gasteiger partial charge on any atom is -0.399 e. The molecule has 1 fully saturated rings. The van der Waals surface area contributed by atoms with Gasteiger partial charge in [-0.05, 0) is 56.4 Å². The summed E-state index contributed by atoms with van der Waals surface area (Å²) >= 11 is 1.62. The Bertz CT molecular complexity index is 476. The second kappa shape index (κ2) is 7.02. The van der Waals surface area contributed by atoms with Crippen LogP contribution in [0.25, 0.3) is 0 Å². The Balaban J connectivity index is 1.94. The highest BCUT2D eigenvalue weighted by Gasteiger charge is 2.25. The smallest absolute Gasteiger partial charge is 0.233 e. The first-order chi connectivity index (χ1) is 9.61. The van der Waals surface area contributed by atoms with Gasteiger partial charge in [0.1, 0.15) is 0 Å². The number of carbonyl (C=O) groups excluding carboxylic acids is 1. The zero-order chi connectivity index (χ0) is 14.5. The molecule has 1 aromatic rings. The number of rotatable bonds is 4. The fraction of sp³-hybridized carbons (Fsp3) is 0.562. The molecular weight excluding hydrogens is 268 g/mol. The Kier molecular flexibility index (Phi) is 5.35. The maximum atomic E-state index is 12.4. The zero-order valence-electron chi connectivity index (χ0n) is 12.4. The summed E-state index contributed by atoms with van der Waals surface area (Å²) in [5.41, 5.74) is 7.68. The topological polar surface area (TPSA) is 46.3 Å². The van der Waals surface area contributed by atoms with Crippen LogP contribution >= 0.6 is 11.8 Å². The molecule has 1 aliphatic heterocycles. The van der Waals surface area contributed by atoms with Crippen LogP contribution in [0.15, 0.2) is 23.1 Å². The molecule has 1 aliphatic rings. The summed E-state index contributed by atoms with van der Waals surface area (Å²) in [6.45, 7) is 5.14. The molecule has 3 nitrogen and oxygen atoms in total. The lowest BCUT2D eigenvalue weighted by Gasteiger charge is -2.35. The minimum atomic E-state index is 0.276. The molecule has 0 radical (unpaired) electrons. The molecule has 1 heterocycles. The van der Waals surface area contributed by atoms with Gasteiger partial charge in [0, 0.05) is 23.2 Å². The number of amides is 1. The van der Waals surface area contributed by atoms with Gasteiger partial charge in [0.2, 0.25) is 5.91 Å². The minimum absolute atomic E-state index is 0.276. The number of anilines is 1. The van der Waals surface area contributed by atoms with E-state index < -0.39 is 0 Å². The Morgan fingerprint density at radius 3 is 2.95 bits per heavy atom. The second-order valence-electron chi connectivity index (χ2n) is 5.46. The van der Waals surface area contributed by atoms with Gasteiger partial charge in [-0.1, -0.05) is 6.92 Å². The Labute approximate surface area is 125 Å². The van der Waals surface area contributed by atoms with E-state index in [9.17, 15) is 4.79 Å². The quantitative estimate of drug-likeness (QED) is 0.683. The molecule has 1 saturated heterocycles. The Hall–Kier alpha value is -1.16. The van der Waals surface area contributed by atoms with E-state index in [1.54, 1.807) is 11.8 Å². The number of likely N-dealkylation sites (tertiary alicyclic amines) is 1. The number of hydrogen-bond acceptors (Lipinski definition) is 3. The average Bonchev–Trinajstić information content (AvgIpc) is 2.46. The predicted molar refractivity (Wildman–Crippen MR) is 86.0 cm³/mol. The maximum absolute atomic E-state index is 12.4. The van der Waals surface area contributed by atoms with Gasteiger partial charge in [-0.15, -0.1) is 11.8 Å². The molecule has 2 N–H and O–H groups in total. The van der Waals surface area contributed by atoms with Gasteiger partial charge < -0.3 is 10.6 Å². The third-order valence-corrected chi connectivity index (χ3v) is 5.13. The molecule has 0 spiro atoms. The fourth-order valence-electron chi connectivity index (χ4n) is 2.81. The Morgan fingerprint density at radius 1 is 1.45 bits per heavy atom. The van der Waals surface area contributed by atoms with Gasteiger partial charge in [-0.25, -0.2) is 0 Å². The maximum Gasteiger partial charge on any atom is 0.233 e. The first-order valence-corrected chi connectivity index (χ1v) is 8.38. The van der Waals surface area contributed by atoms with E-state index in [0.29, 0.717) is 11.8 Å². The van der Waals surface area contributed by atoms with Crippen molar-refractivity contribution in [3.05, 3.63) is 23.8 Å². The van der Waals surface area contributed by atoms with E-state index in [2.05, 4.69) is 11.8 Å². The van der Waals surface area contributed by atoms with Crippen LogP contribution in [-0.4, -0.2) is 29.1 Å². The normalized spacial score (nSPS) is 19.1. The third kappa shape index (κ3) is 3.69. The number of piperidine rings is 1. The summed E-state index contributed by atoms with van der Waals surface area (Å²) in [6.07, 6.45) is 4.63. The summed E-state index contributed by atoms with van der Waals surface area (Å²) in [6, 6.07) is 6.32. The van der Waals surface area contributed by atoms with E-state index in [1.165, 1.54) is 6.42 Å². The van der Waals surface area contributed by atoms with Crippen LogP contribution in [0.5, 0.6) is 0 Å². The van der Waals surface area contributed by atoms with Crippen molar-refractivity contribution in [3.63, 3.8) is 0 Å². The molecule has 0 bridgehead atoms. The van der Waals surface area contributed by atoms with Crippen LogP contribution in [0.2, 0.25) is 0 Å². The van der Waals surface area contributed by atoms with Crippen LogP contribution in [0.3, 0.4) is 0 Å². The number of hydrogen-bond donors (Lipinski definition) is 1. The zero-order valence-corrected chi connectivity index (χ0v) is 13.2. The first-order valence-electron chi connectivity index (χ1n) is 7.40. The molecule has 4 heteroatoms. The van der Waals surface area contributed by atoms with Crippen LogP contribution < -0.4 is 5.73 Å². The molecular formula is C16H24N2OS. The van der Waals surface area contributed by atoms with Gasteiger partial charge in [0.25, 0.3) is 0 Å². The molecule has 0 saturated carbocycles. The van der Waals surface area contributed by atoms with Crippen LogP contribution in [-0.2, 0) is 4.79 Å². The van der Waals surface area contributed by atoms with Crippen LogP contribution in [0.4, 0.5) is 5.69 Å². The van der Waals surface area contributed by atoms with Crippen molar-refractivity contribution in [2.75, 3.05) is 18.0 Å². The van der Waals surface area contributed by atoms with Gasteiger partial charge in [-0.3, -0.25) is 4.79 Å². The van der Waals surface area contributed by atoms with Crippen molar-refractivity contribution in [2.24, 2.45) is 0 Å². The van der Waals surface area contributed by atoms with E-state index in [0.717, 1.165) is 42.0 Å². The number of thioether (sulfide) groups is 1. The lowest BCUT2D eigenvalue weighted by molar-refractivity contribution is -0.132. The van der Waals surface area contributed by atoms with Crippen molar-refractivity contribution in [2.45, 2.75) is 50.5 Å². The highest BCUT2D eigenvalue weighted by atomic mass is 32.2. The third-order valence-electron chi connectivity index (χ3n) is 3.97. The summed E-state index contributed by atoms with van der Waals surface area (Å²) in [7, 11) is 0. The number of nitrogen functional groups attached to an aromatic ring is 1. The number of nitrogens with zero attached hydrogens (tertiary/aromatic N) is 1. The summed E-state index contributed by atoms with van der Waals surface area (Å²) in [4.78, 5) is 15.6. The number of nitrogens with two attached hydrogens (primary N) is 1. The number of benzene rings is 1. The number of carbonyl (C=O) groups is 1. The predicted octanol–water partition coefficient (Wildman–Crippen LogP) is 3.46. The van der Waals surface area contributed by atoms with Crippen molar-refractivity contribution in [3.8, 4) is 0 Å². The van der Waals surface area contributed by atoms with Gasteiger partial charge in [-0.2, -0.15) is 0 Å². The summed E-state index contributed by atoms with van der Waals surface area (Å²) < 4.78 is 0. The van der Waals surface area contributed by atoms with E-state index in [-0.39, 0.29) is 5.91 Å². The van der Waals surface area contributed by atoms with E-state index in [4.69, 9.17) is 5.73 Å². The monoisotopic (exact) mass is 292 g/mol. The molecule has 20 heavy (non-hydrogen) atoms. The van der Waals surface area contributed by atoms with Crippen molar-refractivity contribution in [1.82, 2.24) is 4.90 Å². The molecule has 1 unspecified atom stereocenters. The standard InChI is InChI=1S/C16H24N2OS/c1-3-14-6-4-5-9-18(14)16(19)11-20-15-8-7-13(17)10-12(15)2/h7-8,10,14H,3-6,9,11,17H2,1-2H3. The molecule has 2 rings (SSSR count).